The Morgan fingerprint density at radius 2 is 2.33 bits per heavy atom. The van der Waals surface area contributed by atoms with Crippen molar-refractivity contribution in [3.63, 3.8) is 0 Å². The maximum atomic E-state index is 12.5. The van der Waals surface area contributed by atoms with Crippen molar-refractivity contribution in [2.24, 2.45) is 0 Å². The third-order valence-electron chi connectivity index (χ3n) is 3.84. The maximum Gasteiger partial charge on any atom is 0.338 e. The zero-order valence-corrected chi connectivity index (χ0v) is 14.8. The van der Waals surface area contributed by atoms with Gasteiger partial charge in [0.25, 0.3) is 0 Å². The van der Waals surface area contributed by atoms with E-state index in [1.54, 1.807) is 28.5 Å². The minimum atomic E-state index is -0.637. The van der Waals surface area contributed by atoms with Gasteiger partial charge in [0.05, 0.1) is 12.7 Å². The zero-order chi connectivity index (χ0) is 17.1. The normalized spacial score (nSPS) is 17.8. The first kappa shape index (κ1) is 16.6. The second-order valence-electron chi connectivity index (χ2n) is 5.18. The molecule has 1 aliphatic rings. The lowest BCUT2D eigenvalue weighted by molar-refractivity contribution is -0.136. The number of carbonyl (C=O) groups excluding carboxylic acids is 2. The molecule has 0 saturated heterocycles. The molecular formula is C15H16N4O3S2. The predicted octanol–water partition coefficient (Wildman–Crippen LogP) is 2.36. The van der Waals surface area contributed by atoms with Gasteiger partial charge in [0.15, 0.2) is 0 Å². The Hall–Kier alpha value is -2.26. The summed E-state index contributed by atoms with van der Waals surface area (Å²) in [7, 11) is 1.32. The number of hydrogen-bond donors (Lipinski definition) is 1. The van der Waals surface area contributed by atoms with E-state index in [-0.39, 0.29) is 6.03 Å². The largest absolute Gasteiger partial charge is 0.466 e. The van der Waals surface area contributed by atoms with Crippen LogP contribution in [0.3, 0.4) is 0 Å². The molecule has 3 heterocycles. The molecule has 0 aliphatic carbocycles. The molecule has 126 valence electrons. The Labute approximate surface area is 147 Å². The number of allylic oxidation sites excluding steroid dienone is 1. The summed E-state index contributed by atoms with van der Waals surface area (Å²) < 4.78 is 8.71. The minimum absolute atomic E-state index is 0.255. The average molecular weight is 364 g/mol. The summed E-state index contributed by atoms with van der Waals surface area (Å²) in [6.45, 7) is 2.24. The molecule has 1 N–H and O–H groups in total. The quantitative estimate of drug-likeness (QED) is 0.824. The molecular weight excluding hydrogens is 348 g/mol. The number of rotatable bonds is 5. The third-order valence-corrected chi connectivity index (χ3v) is 5.30. The van der Waals surface area contributed by atoms with Crippen LogP contribution >= 0.6 is 22.9 Å². The Balaban J connectivity index is 1.91. The Morgan fingerprint density at radius 1 is 1.50 bits per heavy atom. The van der Waals surface area contributed by atoms with Crippen LogP contribution in [0.1, 0.15) is 23.5 Å². The summed E-state index contributed by atoms with van der Waals surface area (Å²) in [5.41, 5.74) is 1.50. The van der Waals surface area contributed by atoms with Gasteiger partial charge in [-0.1, -0.05) is 10.6 Å². The molecule has 0 aromatic carbocycles. The van der Waals surface area contributed by atoms with Crippen molar-refractivity contribution >= 4 is 34.9 Å². The highest BCUT2D eigenvalue weighted by Crippen LogP contribution is 2.30. The lowest BCUT2D eigenvalue weighted by Crippen LogP contribution is -2.48. The number of methoxy groups -OCH3 is 1. The molecule has 1 aliphatic heterocycles. The molecule has 2 amide bonds. The number of aromatic nitrogens is 2. The van der Waals surface area contributed by atoms with Crippen LogP contribution < -0.4 is 5.32 Å². The summed E-state index contributed by atoms with van der Waals surface area (Å²) in [5.74, 6) is -0.480. The summed E-state index contributed by atoms with van der Waals surface area (Å²) in [6.07, 6.45) is 0.722. The van der Waals surface area contributed by atoms with Crippen LogP contribution in [0.25, 0.3) is 0 Å². The average Bonchev–Trinajstić information content (AvgIpc) is 3.27. The predicted molar refractivity (Wildman–Crippen MR) is 90.6 cm³/mol. The molecule has 2 aromatic heterocycles. The van der Waals surface area contributed by atoms with Crippen molar-refractivity contribution in [3.8, 4) is 0 Å². The molecule has 0 saturated carbocycles. The van der Waals surface area contributed by atoms with E-state index in [4.69, 9.17) is 4.74 Å². The second kappa shape index (κ2) is 7.10. The third kappa shape index (κ3) is 3.17. The molecule has 1 atom stereocenters. The van der Waals surface area contributed by atoms with Crippen molar-refractivity contribution in [3.05, 3.63) is 44.7 Å². The summed E-state index contributed by atoms with van der Waals surface area (Å²) in [4.78, 5) is 27.5. The molecule has 0 spiro atoms. The standard InChI is InChI=1S/C15H16N4O3S2/c1-9-12(14(20)22-2)13(11-8-24-18-17-11)16-15(21)19(9)6-5-10-4-3-7-23-10/h3-4,7-8,13H,5-6H2,1-2H3,(H,16,21). The molecule has 3 rings (SSSR count). The van der Waals surface area contributed by atoms with E-state index >= 15 is 0 Å². The first-order valence-electron chi connectivity index (χ1n) is 7.28. The van der Waals surface area contributed by atoms with E-state index in [1.807, 2.05) is 17.5 Å². The fourth-order valence-electron chi connectivity index (χ4n) is 2.62. The SMILES string of the molecule is COC(=O)C1=C(C)N(CCc2cccs2)C(=O)NC1c1csnn1. The van der Waals surface area contributed by atoms with Crippen molar-refractivity contribution in [1.82, 2.24) is 19.8 Å². The highest BCUT2D eigenvalue weighted by Gasteiger charge is 2.37. The molecule has 0 bridgehead atoms. The summed E-state index contributed by atoms with van der Waals surface area (Å²) in [6, 6.07) is 3.11. The van der Waals surface area contributed by atoms with Gasteiger partial charge < -0.3 is 10.1 Å². The van der Waals surface area contributed by atoms with Crippen molar-refractivity contribution in [2.45, 2.75) is 19.4 Å². The van der Waals surface area contributed by atoms with Crippen LogP contribution in [0, 0.1) is 0 Å². The minimum Gasteiger partial charge on any atom is -0.466 e. The first-order chi connectivity index (χ1) is 11.6. The fourth-order valence-corrected chi connectivity index (χ4v) is 3.80. The second-order valence-corrected chi connectivity index (χ2v) is 6.83. The Morgan fingerprint density at radius 3 is 2.96 bits per heavy atom. The van der Waals surface area contributed by atoms with Crippen molar-refractivity contribution < 1.29 is 14.3 Å². The van der Waals surface area contributed by atoms with Crippen LogP contribution in [0.4, 0.5) is 4.79 Å². The summed E-state index contributed by atoms with van der Waals surface area (Å²) in [5, 5.41) is 10.5. The van der Waals surface area contributed by atoms with Gasteiger partial charge in [-0.3, -0.25) is 4.90 Å². The van der Waals surface area contributed by atoms with Crippen LogP contribution in [0.2, 0.25) is 0 Å². The van der Waals surface area contributed by atoms with E-state index in [0.717, 1.165) is 6.42 Å². The number of nitrogens with zero attached hydrogens (tertiary/aromatic N) is 3. The van der Waals surface area contributed by atoms with Gasteiger partial charge >= 0.3 is 12.0 Å². The van der Waals surface area contributed by atoms with E-state index in [2.05, 4.69) is 14.9 Å². The fraction of sp³-hybridized carbons (Fsp3) is 0.333. The molecule has 1 unspecified atom stereocenters. The molecule has 0 radical (unpaired) electrons. The number of hydrogen-bond acceptors (Lipinski definition) is 7. The Kier molecular flexibility index (Phi) is 4.91. The number of carbonyl (C=O) groups is 2. The van der Waals surface area contributed by atoms with Gasteiger partial charge in [0, 0.05) is 22.5 Å². The topological polar surface area (TPSA) is 84.4 Å². The van der Waals surface area contributed by atoms with Gasteiger partial charge in [-0.25, -0.2) is 9.59 Å². The van der Waals surface area contributed by atoms with E-state index in [9.17, 15) is 9.59 Å². The molecule has 7 nitrogen and oxygen atoms in total. The molecule has 2 aromatic rings. The van der Waals surface area contributed by atoms with Crippen LogP contribution in [0.5, 0.6) is 0 Å². The van der Waals surface area contributed by atoms with E-state index in [0.29, 0.717) is 23.5 Å². The monoisotopic (exact) mass is 364 g/mol. The summed E-state index contributed by atoms with van der Waals surface area (Å²) >= 11 is 2.81. The highest BCUT2D eigenvalue weighted by atomic mass is 32.1. The smallest absolute Gasteiger partial charge is 0.338 e. The van der Waals surface area contributed by atoms with E-state index in [1.165, 1.54) is 23.5 Å². The van der Waals surface area contributed by atoms with Crippen molar-refractivity contribution in [2.75, 3.05) is 13.7 Å². The molecule has 0 fully saturated rings. The molecule has 24 heavy (non-hydrogen) atoms. The van der Waals surface area contributed by atoms with Gasteiger partial charge in [-0.15, -0.1) is 16.4 Å². The molecule has 9 heteroatoms. The van der Waals surface area contributed by atoms with Crippen molar-refractivity contribution in [1.29, 1.82) is 0 Å². The van der Waals surface area contributed by atoms with Crippen LogP contribution in [0.15, 0.2) is 34.2 Å². The van der Waals surface area contributed by atoms with Gasteiger partial charge in [0.1, 0.15) is 11.7 Å². The number of amides is 2. The van der Waals surface area contributed by atoms with Crippen LogP contribution in [-0.2, 0) is 16.0 Å². The van der Waals surface area contributed by atoms with Crippen LogP contribution in [-0.4, -0.2) is 40.1 Å². The number of esters is 1. The number of thiophene rings is 1. The Bertz CT molecular complexity index is 756. The lowest BCUT2D eigenvalue weighted by Gasteiger charge is -2.34. The number of nitrogens with one attached hydrogen (secondary N) is 1. The number of urea groups is 1. The van der Waals surface area contributed by atoms with Gasteiger partial charge in [-0.2, -0.15) is 0 Å². The van der Waals surface area contributed by atoms with Gasteiger partial charge in [0.2, 0.25) is 0 Å². The maximum absolute atomic E-state index is 12.5. The number of ether oxygens (including phenoxy) is 1. The highest BCUT2D eigenvalue weighted by molar-refractivity contribution is 7.09. The lowest BCUT2D eigenvalue weighted by atomic mass is 9.99. The van der Waals surface area contributed by atoms with Gasteiger partial charge in [-0.05, 0) is 36.3 Å². The van der Waals surface area contributed by atoms with E-state index < -0.39 is 12.0 Å². The zero-order valence-electron chi connectivity index (χ0n) is 13.2. The first-order valence-corrected chi connectivity index (χ1v) is 9.00.